The van der Waals surface area contributed by atoms with E-state index in [0.717, 1.165) is 11.3 Å². The smallest absolute Gasteiger partial charge is 0.345 e. The molecule has 2 aromatic heterocycles. The number of H-pyrrole nitrogens is 1. The highest BCUT2D eigenvalue weighted by atomic mass is 32.1. The van der Waals surface area contributed by atoms with Crippen molar-refractivity contribution in [2.45, 2.75) is 25.3 Å². The van der Waals surface area contributed by atoms with Gasteiger partial charge in [-0.15, -0.1) is 17.9 Å². The van der Waals surface area contributed by atoms with Crippen LogP contribution in [0.25, 0.3) is 10.2 Å². The van der Waals surface area contributed by atoms with Crippen molar-refractivity contribution in [2.24, 2.45) is 0 Å². The number of hydrogen-bond donors (Lipinski definition) is 3. The second kappa shape index (κ2) is 5.88. The predicted molar refractivity (Wildman–Crippen MR) is 79.8 cm³/mol. The van der Waals surface area contributed by atoms with E-state index in [2.05, 4.69) is 16.9 Å². The number of aromatic carboxylic acids is 1. The maximum Gasteiger partial charge on any atom is 0.345 e. The van der Waals surface area contributed by atoms with Gasteiger partial charge in [-0.25, -0.2) is 13.6 Å². The van der Waals surface area contributed by atoms with Gasteiger partial charge in [-0.05, 0) is 25.5 Å². The van der Waals surface area contributed by atoms with Crippen LogP contribution >= 0.6 is 11.3 Å². The summed E-state index contributed by atoms with van der Waals surface area (Å²) in [5.41, 5.74) is -1.12. The first-order valence-electron chi connectivity index (χ1n) is 6.34. The number of halogens is 2. The van der Waals surface area contributed by atoms with Gasteiger partial charge in [0.25, 0.3) is 12.3 Å². The summed E-state index contributed by atoms with van der Waals surface area (Å²) >= 11 is 1.00. The largest absolute Gasteiger partial charge is 0.477 e. The Hall–Kier alpha value is -2.22. The number of hydrogen-bond acceptors (Lipinski definition) is 3. The zero-order valence-electron chi connectivity index (χ0n) is 11.7. The molecule has 1 unspecified atom stereocenters. The summed E-state index contributed by atoms with van der Waals surface area (Å²) in [6.07, 6.45) is -1.50. The number of fused-ring (bicyclic) bond motifs is 1. The maximum atomic E-state index is 13.1. The fraction of sp³-hybridized carbons (Fsp3) is 0.286. The Kier molecular flexibility index (Phi) is 4.32. The van der Waals surface area contributed by atoms with Crippen LogP contribution in [-0.4, -0.2) is 33.9 Å². The zero-order chi connectivity index (χ0) is 16.5. The first kappa shape index (κ1) is 16.2. The summed E-state index contributed by atoms with van der Waals surface area (Å²) in [7, 11) is 0. The Morgan fingerprint density at radius 3 is 2.73 bits per heavy atom. The number of carboxylic acid groups (broad SMARTS) is 1. The first-order chi connectivity index (χ1) is 10.3. The molecule has 1 amide bonds. The molecule has 22 heavy (non-hydrogen) atoms. The Morgan fingerprint density at radius 2 is 2.23 bits per heavy atom. The molecule has 2 heterocycles. The van der Waals surface area contributed by atoms with Crippen molar-refractivity contribution in [3.63, 3.8) is 0 Å². The number of aromatic amines is 1. The van der Waals surface area contributed by atoms with Gasteiger partial charge in [0, 0.05) is 0 Å². The molecule has 2 rings (SSSR count). The number of nitrogens with one attached hydrogen (secondary N) is 2. The summed E-state index contributed by atoms with van der Waals surface area (Å²) in [4.78, 5) is 25.8. The third kappa shape index (κ3) is 3.01. The SMILES string of the molecule is C=CCC(C)(NC(=O)c1cc2sc(C(=O)O)cc2[nH]1)C(F)F. The highest BCUT2D eigenvalue weighted by Gasteiger charge is 2.35. The van der Waals surface area contributed by atoms with Crippen LogP contribution in [0.4, 0.5) is 8.78 Å². The summed E-state index contributed by atoms with van der Waals surface area (Å²) in [5.74, 6) is -1.73. The third-order valence-corrected chi connectivity index (χ3v) is 4.28. The molecule has 118 valence electrons. The Balaban J connectivity index is 2.23. The van der Waals surface area contributed by atoms with Crippen LogP contribution in [-0.2, 0) is 0 Å². The molecule has 1 atom stereocenters. The van der Waals surface area contributed by atoms with Gasteiger partial charge in [-0.3, -0.25) is 4.79 Å². The lowest BCUT2D eigenvalue weighted by Gasteiger charge is -2.28. The average Bonchev–Trinajstić information content (AvgIpc) is 2.96. The summed E-state index contributed by atoms with van der Waals surface area (Å²) in [5, 5.41) is 11.2. The van der Waals surface area contributed by atoms with Crippen molar-refractivity contribution in [1.29, 1.82) is 0 Å². The van der Waals surface area contributed by atoms with E-state index in [1.54, 1.807) is 0 Å². The monoisotopic (exact) mass is 328 g/mol. The van der Waals surface area contributed by atoms with Crippen LogP contribution in [0.1, 0.15) is 33.5 Å². The standard InChI is InChI=1S/C14H14F2N2O3S/c1-3-4-14(2,13(15)16)18-11(19)8-6-9-7(17-8)5-10(22-9)12(20)21/h3,5-6,13,17H,1,4H2,2H3,(H,18,19)(H,20,21). The summed E-state index contributed by atoms with van der Waals surface area (Å²) in [6, 6.07) is 2.84. The van der Waals surface area contributed by atoms with Gasteiger partial charge in [0.15, 0.2) is 0 Å². The molecule has 0 radical (unpaired) electrons. The molecule has 0 bridgehead atoms. The van der Waals surface area contributed by atoms with Crippen LogP contribution < -0.4 is 5.32 Å². The van der Waals surface area contributed by atoms with Crippen LogP contribution in [0.5, 0.6) is 0 Å². The van der Waals surface area contributed by atoms with E-state index in [4.69, 9.17) is 5.11 Å². The molecule has 0 aliphatic rings. The lowest BCUT2D eigenvalue weighted by atomic mass is 9.98. The van der Waals surface area contributed by atoms with E-state index in [1.807, 2.05) is 0 Å². The third-order valence-electron chi connectivity index (χ3n) is 3.21. The van der Waals surface area contributed by atoms with E-state index in [1.165, 1.54) is 25.1 Å². The normalized spacial score (nSPS) is 14.0. The molecule has 0 saturated heterocycles. The minimum atomic E-state index is -2.75. The van der Waals surface area contributed by atoms with E-state index >= 15 is 0 Å². The van der Waals surface area contributed by atoms with E-state index in [0.29, 0.717) is 10.2 Å². The molecule has 5 nitrogen and oxygen atoms in total. The summed E-state index contributed by atoms with van der Waals surface area (Å²) < 4.78 is 26.8. The molecule has 0 fully saturated rings. The van der Waals surface area contributed by atoms with Gasteiger partial charge in [-0.1, -0.05) is 6.08 Å². The number of rotatable bonds is 6. The van der Waals surface area contributed by atoms with Gasteiger partial charge in [0.1, 0.15) is 16.1 Å². The highest BCUT2D eigenvalue weighted by molar-refractivity contribution is 7.20. The van der Waals surface area contributed by atoms with Crippen molar-refractivity contribution in [3.8, 4) is 0 Å². The first-order valence-corrected chi connectivity index (χ1v) is 7.16. The molecule has 8 heteroatoms. The van der Waals surface area contributed by atoms with E-state index in [-0.39, 0.29) is 17.0 Å². The topological polar surface area (TPSA) is 82.2 Å². The Labute approximate surface area is 128 Å². The number of amides is 1. The van der Waals surface area contributed by atoms with Crippen LogP contribution in [0.15, 0.2) is 24.8 Å². The number of carbonyl (C=O) groups excluding carboxylic acids is 1. The van der Waals surface area contributed by atoms with Gasteiger partial charge in [0.05, 0.1) is 10.2 Å². The predicted octanol–water partition coefficient (Wildman–Crippen LogP) is 3.26. The van der Waals surface area contributed by atoms with Crippen molar-refractivity contribution >= 4 is 33.4 Å². The molecular formula is C14H14F2N2O3S. The average molecular weight is 328 g/mol. The lowest BCUT2D eigenvalue weighted by Crippen LogP contribution is -2.51. The number of thiophene rings is 1. The van der Waals surface area contributed by atoms with Gasteiger partial charge >= 0.3 is 5.97 Å². The van der Waals surface area contributed by atoms with Crippen molar-refractivity contribution < 1.29 is 23.5 Å². The number of aromatic nitrogens is 1. The van der Waals surface area contributed by atoms with Gasteiger partial charge < -0.3 is 15.4 Å². The summed E-state index contributed by atoms with van der Waals surface area (Å²) in [6.45, 7) is 4.66. The van der Waals surface area contributed by atoms with Crippen molar-refractivity contribution in [2.75, 3.05) is 0 Å². The molecule has 0 aromatic carbocycles. The van der Waals surface area contributed by atoms with Gasteiger partial charge in [-0.2, -0.15) is 0 Å². The number of carbonyl (C=O) groups is 2. The zero-order valence-corrected chi connectivity index (χ0v) is 12.5. The van der Waals surface area contributed by atoms with Crippen molar-refractivity contribution in [1.82, 2.24) is 10.3 Å². The Morgan fingerprint density at radius 1 is 1.55 bits per heavy atom. The van der Waals surface area contributed by atoms with Crippen LogP contribution in [0.3, 0.4) is 0 Å². The molecular weight excluding hydrogens is 314 g/mol. The second-order valence-electron chi connectivity index (χ2n) is 5.04. The lowest BCUT2D eigenvalue weighted by molar-refractivity contribution is 0.0374. The second-order valence-corrected chi connectivity index (χ2v) is 6.13. The van der Waals surface area contributed by atoms with Crippen LogP contribution in [0.2, 0.25) is 0 Å². The van der Waals surface area contributed by atoms with Crippen molar-refractivity contribution in [3.05, 3.63) is 35.4 Å². The Bertz CT molecular complexity index is 706. The van der Waals surface area contributed by atoms with E-state index in [9.17, 15) is 18.4 Å². The fourth-order valence-electron chi connectivity index (χ4n) is 1.97. The minimum Gasteiger partial charge on any atom is -0.477 e. The van der Waals surface area contributed by atoms with Crippen LogP contribution in [0, 0.1) is 0 Å². The van der Waals surface area contributed by atoms with Gasteiger partial charge in [0.2, 0.25) is 0 Å². The molecule has 0 aliphatic heterocycles. The molecule has 2 aromatic rings. The molecule has 0 saturated carbocycles. The number of carboxylic acids is 1. The number of alkyl halides is 2. The quantitative estimate of drug-likeness (QED) is 0.712. The van der Waals surface area contributed by atoms with E-state index < -0.39 is 23.8 Å². The molecule has 0 spiro atoms. The highest BCUT2D eigenvalue weighted by Crippen LogP contribution is 2.27. The minimum absolute atomic E-state index is 0.0748. The molecule has 3 N–H and O–H groups in total. The molecule has 0 aliphatic carbocycles. The maximum absolute atomic E-state index is 13.1. The fourth-order valence-corrected chi connectivity index (χ4v) is 2.87.